The molecule has 19 heavy (non-hydrogen) atoms. The van der Waals surface area contributed by atoms with Crippen molar-refractivity contribution in [2.45, 2.75) is 13.0 Å². The summed E-state index contributed by atoms with van der Waals surface area (Å²) in [5.41, 5.74) is 4.80. The average Bonchev–Trinajstić information content (AvgIpc) is 2.86. The van der Waals surface area contributed by atoms with E-state index in [0.717, 1.165) is 21.5 Å². The van der Waals surface area contributed by atoms with Gasteiger partial charge in [0.1, 0.15) is 5.82 Å². The first-order valence-electron chi connectivity index (χ1n) is 6.07. The first-order chi connectivity index (χ1) is 9.22. The number of nitrogens with zero attached hydrogens (tertiary/aromatic N) is 1. The Hall–Kier alpha value is -1.94. The van der Waals surface area contributed by atoms with Gasteiger partial charge in [-0.1, -0.05) is 12.1 Å². The summed E-state index contributed by atoms with van der Waals surface area (Å²) < 4.78 is 14.3. The minimum atomic E-state index is -0.205. The Morgan fingerprint density at radius 3 is 2.95 bits per heavy atom. The number of hydrogen-bond donors (Lipinski definition) is 1. The highest BCUT2D eigenvalue weighted by Crippen LogP contribution is 2.25. The van der Waals surface area contributed by atoms with Crippen LogP contribution in [0.4, 0.5) is 10.1 Å². The van der Waals surface area contributed by atoms with E-state index in [9.17, 15) is 4.39 Å². The van der Waals surface area contributed by atoms with E-state index in [1.807, 2.05) is 30.6 Å². The molecule has 1 N–H and O–H groups in total. The van der Waals surface area contributed by atoms with Crippen LogP contribution < -0.4 is 5.32 Å². The maximum Gasteiger partial charge on any atom is 0.123 e. The van der Waals surface area contributed by atoms with Gasteiger partial charge in [0.05, 0.1) is 15.7 Å². The molecular weight excluding hydrogens is 259 g/mol. The lowest BCUT2D eigenvalue weighted by Crippen LogP contribution is -2.06. The fraction of sp³-hybridized carbons (Fsp3) is 0.133. The van der Waals surface area contributed by atoms with Crippen molar-refractivity contribution in [2.24, 2.45) is 0 Å². The number of benzene rings is 2. The second-order valence-electron chi connectivity index (χ2n) is 4.46. The molecule has 0 fully saturated rings. The number of aromatic nitrogens is 1. The first kappa shape index (κ1) is 12.1. The number of rotatable bonds is 3. The number of fused-ring (bicyclic) bond motifs is 1. The standard InChI is InChI=1S/C15H13FN2S/c1-10(11-3-2-4-12(16)7-11)18-13-5-6-14-15(8-13)19-9-17-14/h2-10,18H,1H3. The Bertz CT molecular complexity index is 708. The number of halogens is 1. The molecule has 96 valence electrons. The second-order valence-corrected chi connectivity index (χ2v) is 5.34. The smallest absolute Gasteiger partial charge is 0.123 e. The number of thiazole rings is 1. The van der Waals surface area contributed by atoms with Gasteiger partial charge in [0, 0.05) is 11.7 Å². The molecule has 0 aliphatic heterocycles. The van der Waals surface area contributed by atoms with E-state index in [2.05, 4.69) is 16.4 Å². The van der Waals surface area contributed by atoms with Crippen molar-refractivity contribution < 1.29 is 4.39 Å². The highest BCUT2D eigenvalue weighted by atomic mass is 32.1. The van der Waals surface area contributed by atoms with E-state index in [-0.39, 0.29) is 11.9 Å². The van der Waals surface area contributed by atoms with Crippen LogP contribution in [0.2, 0.25) is 0 Å². The molecule has 4 heteroatoms. The zero-order chi connectivity index (χ0) is 13.2. The van der Waals surface area contributed by atoms with Crippen LogP contribution in [0.25, 0.3) is 10.2 Å². The molecule has 0 aliphatic rings. The van der Waals surface area contributed by atoms with E-state index in [4.69, 9.17) is 0 Å². The van der Waals surface area contributed by atoms with Crippen molar-refractivity contribution in [3.63, 3.8) is 0 Å². The number of nitrogens with one attached hydrogen (secondary N) is 1. The maximum absolute atomic E-state index is 13.2. The summed E-state index contributed by atoms with van der Waals surface area (Å²) in [6, 6.07) is 12.8. The van der Waals surface area contributed by atoms with Crippen molar-refractivity contribution in [3.05, 3.63) is 59.4 Å². The number of anilines is 1. The van der Waals surface area contributed by atoms with Crippen molar-refractivity contribution >= 4 is 27.2 Å². The minimum Gasteiger partial charge on any atom is -0.378 e. The van der Waals surface area contributed by atoms with Crippen LogP contribution in [0, 0.1) is 5.82 Å². The first-order valence-corrected chi connectivity index (χ1v) is 6.95. The Morgan fingerprint density at radius 2 is 2.11 bits per heavy atom. The summed E-state index contributed by atoms with van der Waals surface area (Å²) in [7, 11) is 0. The van der Waals surface area contributed by atoms with Gasteiger partial charge in [0.2, 0.25) is 0 Å². The molecular formula is C15H13FN2S. The Labute approximate surface area is 114 Å². The van der Waals surface area contributed by atoms with Gasteiger partial charge in [-0.3, -0.25) is 0 Å². The third-order valence-corrected chi connectivity index (χ3v) is 3.85. The summed E-state index contributed by atoms with van der Waals surface area (Å²) in [6.07, 6.45) is 0. The van der Waals surface area contributed by atoms with E-state index in [0.29, 0.717) is 0 Å². The number of hydrogen-bond acceptors (Lipinski definition) is 3. The van der Waals surface area contributed by atoms with Crippen LogP contribution in [0.5, 0.6) is 0 Å². The molecule has 0 aliphatic carbocycles. The van der Waals surface area contributed by atoms with E-state index in [1.54, 1.807) is 23.5 Å². The molecule has 0 bridgehead atoms. The second kappa shape index (κ2) is 4.97. The molecule has 2 nitrogen and oxygen atoms in total. The largest absolute Gasteiger partial charge is 0.378 e. The van der Waals surface area contributed by atoms with Crippen LogP contribution in [-0.2, 0) is 0 Å². The van der Waals surface area contributed by atoms with Crippen LogP contribution in [-0.4, -0.2) is 4.98 Å². The lowest BCUT2D eigenvalue weighted by atomic mass is 10.1. The molecule has 2 aromatic carbocycles. The monoisotopic (exact) mass is 272 g/mol. The molecule has 0 amide bonds. The average molecular weight is 272 g/mol. The van der Waals surface area contributed by atoms with Crippen LogP contribution >= 0.6 is 11.3 Å². The molecule has 0 radical (unpaired) electrons. The third-order valence-electron chi connectivity index (χ3n) is 3.06. The molecule has 1 unspecified atom stereocenters. The predicted molar refractivity (Wildman–Crippen MR) is 78.1 cm³/mol. The fourth-order valence-electron chi connectivity index (χ4n) is 2.05. The fourth-order valence-corrected chi connectivity index (χ4v) is 2.77. The Balaban J connectivity index is 1.83. The van der Waals surface area contributed by atoms with Gasteiger partial charge in [-0.2, -0.15) is 0 Å². The molecule has 1 heterocycles. The summed E-state index contributed by atoms with van der Waals surface area (Å²) >= 11 is 1.62. The van der Waals surface area contributed by atoms with E-state index < -0.39 is 0 Å². The van der Waals surface area contributed by atoms with Gasteiger partial charge >= 0.3 is 0 Å². The maximum atomic E-state index is 13.2. The van der Waals surface area contributed by atoms with Gasteiger partial charge in [0.25, 0.3) is 0 Å². The minimum absolute atomic E-state index is 0.0565. The van der Waals surface area contributed by atoms with Gasteiger partial charge in [-0.25, -0.2) is 9.37 Å². The molecule has 1 aromatic heterocycles. The summed E-state index contributed by atoms with van der Waals surface area (Å²) in [5, 5.41) is 3.38. The van der Waals surface area contributed by atoms with E-state index >= 15 is 0 Å². The van der Waals surface area contributed by atoms with Gasteiger partial charge < -0.3 is 5.32 Å². The molecule has 1 atom stereocenters. The molecule has 3 rings (SSSR count). The summed E-state index contributed by atoms with van der Waals surface area (Å²) in [5.74, 6) is -0.205. The zero-order valence-electron chi connectivity index (χ0n) is 10.4. The Morgan fingerprint density at radius 1 is 1.21 bits per heavy atom. The summed E-state index contributed by atoms with van der Waals surface area (Å²) in [6.45, 7) is 2.02. The van der Waals surface area contributed by atoms with Gasteiger partial charge in [0.15, 0.2) is 0 Å². The normalized spacial score (nSPS) is 12.5. The van der Waals surface area contributed by atoms with Gasteiger partial charge in [-0.15, -0.1) is 11.3 Å². The van der Waals surface area contributed by atoms with Crippen molar-refractivity contribution in [3.8, 4) is 0 Å². The van der Waals surface area contributed by atoms with Crippen molar-refractivity contribution in [2.75, 3.05) is 5.32 Å². The third kappa shape index (κ3) is 2.58. The van der Waals surface area contributed by atoms with Crippen molar-refractivity contribution in [1.82, 2.24) is 4.98 Å². The Kier molecular flexibility index (Phi) is 3.17. The zero-order valence-corrected chi connectivity index (χ0v) is 11.2. The van der Waals surface area contributed by atoms with E-state index in [1.165, 1.54) is 6.07 Å². The lowest BCUT2D eigenvalue weighted by Gasteiger charge is -2.15. The summed E-state index contributed by atoms with van der Waals surface area (Å²) in [4.78, 5) is 4.25. The highest BCUT2D eigenvalue weighted by Gasteiger charge is 2.07. The van der Waals surface area contributed by atoms with Crippen molar-refractivity contribution in [1.29, 1.82) is 0 Å². The van der Waals surface area contributed by atoms with Crippen LogP contribution in [0.1, 0.15) is 18.5 Å². The van der Waals surface area contributed by atoms with Crippen LogP contribution in [0.3, 0.4) is 0 Å². The lowest BCUT2D eigenvalue weighted by molar-refractivity contribution is 0.623. The quantitative estimate of drug-likeness (QED) is 0.753. The topological polar surface area (TPSA) is 24.9 Å². The van der Waals surface area contributed by atoms with Gasteiger partial charge in [-0.05, 0) is 42.8 Å². The molecule has 0 saturated heterocycles. The van der Waals surface area contributed by atoms with Crippen LogP contribution in [0.15, 0.2) is 48.0 Å². The molecule has 3 aromatic rings. The highest BCUT2D eigenvalue weighted by molar-refractivity contribution is 7.16. The predicted octanol–water partition coefficient (Wildman–Crippen LogP) is 4.61. The molecule has 0 spiro atoms. The molecule has 0 saturated carbocycles. The SMILES string of the molecule is CC(Nc1ccc2ncsc2c1)c1cccc(F)c1.